The molecule has 0 aliphatic carbocycles. The van der Waals surface area contributed by atoms with E-state index < -0.39 is 0 Å². The van der Waals surface area contributed by atoms with E-state index in [2.05, 4.69) is 28.6 Å². The molecule has 0 saturated heterocycles. The summed E-state index contributed by atoms with van der Waals surface area (Å²) >= 11 is 9.24. The second-order valence-electron chi connectivity index (χ2n) is 2.69. The molecule has 2 rings (SSSR count). The fourth-order valence-electron chi connectivity index (χ4n) is 1.22. The standard InChI is InChI=1S/C9H6BrFS2/c10-4-7-2-5-1-6(11)3-8(12)9(5)13-7/h1-3,12H,4H2. The maximum atomic E-state index is 13.0. The number of halogens is 2. The average molecular weight is 277 g/mol. The van der Waals surface area contributed by atoms with Crippen molar-refractivity contribution >= 4 is 50.0 Å². The maximum absolute atomic E-state index is 13.0. The number of thiol groups is 1. The minimum absolute atomic E-state index is 0.226. The van der Waals surface area contributed by atoms with Gasteiger partial charge >= 0.3 is 0 Å². The van der Waals surface area contributed by atoms with Crippen molar-refractivity contribution in [3.63, 3.8) is 0 Å². The van der Waals surface area contributed by atoms with Gasteiger partial charge < -0.3 is 0 Å². The van der Waals surface area contributed by atoms with Crippen molar-refractivity contribution in [3.8, 4) is 0 Å². The molecule has 1 aromatic heterocycles. The molecule has 0 aliphatic heterocycles. The van der Waals surface area contributed by atoms with Crippen LogP contribution in [0.5, 0.6) is 0 Å². The summed E-state index contributed by atoms with van der Waals surface area (Å²) in [6.07, 6.45) is 0. The number of fused-ring (bicyclic) bond motifs is 1. The first-order valence-corrected chi connectivity index (χ1v) is 6.06. The molecule has 0 radical (unpaired) electrons. The van der Waals surface area contributed by atoms with E-state index in [1.807, 2.05) is 6.07 Å². The summed E-state index contributed by atoms with van der Waals surface area (Å²) in [4.78, 5) is 1.91. The Kier molecular flexibility index (Phi) is 2.62. The van der Waals surface area contributed by atoms with Gasteiger partial charge in [-0.25, -0.2) is 4.39 Å². The lowest BCUT2D eigenvalue weighted by molar-refractivity contribution is 0.627. The Morgan fingerprint density at radius 3 is 2.85 bits per heavy atom. The van der Waals surface area contributed by atoms with Gasteiger partial charge in [0.2, 0.25) is 0 Å². The van der Waals surface area contributed by atoms with Crippen molar-refractivity contribution in [2.45, 2.75) is 10.2 Å². The van der Waals surface area contributed by atoms with Crippen LogP contribution in [0.2, 0.25) is 0 Å². The van der Waals surface area contributed by atoms with Crippen LogP contribution in [0.25, 0.3) is 10.1 Å². The van der Waals surface area contributed by atoms with Gasteiger partial charge in [0, 0.05) is 19.8 Å². The Bertz CT molecular complexity index is 450. The first kappa shape index (κ1) is 9.49. The summed E-state index contributed by atoms with van der Waals surface area (Å²) in [7, 11) is 0. The minimum atomic E-state index is -0.226. The van der Waals surface area contributed by atoms with Gasteiger partial charge in [-0.05, 0) is 23.6 Å². The largest absolute Gasteiger partial charge is 0.207 e. The molecule has 0 N–H and O–H groups in total. The lowest BCUT2D eigenvalue weighted by atomic mass is 10.2. The number of rotatable bonds is 1. The van der Waals surface area contributed by atoms with Gasteiger partial charge in [-0.2, -0.15) is 0 Å². The number of hydrogen-bond acceptors (Lipinski definition) is 2. The van der Waals surface area contributed by atoms with Gasteiger partial charge in [-0.1, -0.05) is 15.9 Å². The normalized spacial score (nSPS) is 11.0. The third-order valence-corrected chi connectivity index (χ3v) is 4.41. The van der Waals surface area contributed by atoms with E-state index in [-0.39, 0.29) is 5.82 Å². The molecule has 68 valence electrons. The molecule has 0 bridgehead atoms. The van der Waals surface area contributed by atoms with E-state index in [1.165, 1.54) is 17.0 Å². The third kappa shape index (κ3) is 1.75. The molecule has 0 unspecified atom stereocenters. The maximum Gasteiger partial charge on any atom is 0.125 e. The second kappa shape index (κ2) is 3.59. The molecule has 0 spiro atoms. The van der Waals surface area contributed by atoms with Crippen molar-refractivity contribution in [1.82, 2.24) is 0 Å². The van der Waals surface area contributed by atoms with E-state index in [1.54, 1.807) is 11.3 Å². The van der Waals surface area contributed by atoms with Crippen molar-refractivity contribution in [3.05, 3.63) is 28.9 Å². The van der Waals surface area contributed by atoms with Gasteiger partial charge in [-0.3, -0.25) is 0 Å². The first-order valence-electron chi connectivity index (χ1n) is 3.67. The van der Waals surface area contributed by atoms with Gasteiger partial charge in [0.1, 0.15) is 5.82 Å². The molecule has 0 fully saturated rings. The molecular formula is C9H6BrFS2. The number of thiophene rings is 1. The molecular weight excluding hydrogens is 271 g/mol. The van der Waals surface area contributed by atoms with Crippen molar-refractivity contribution in [2.24, 2.45) is 0 Å². The van der Waals surface area contributed by atoms with Crippen LogP contribution in [-0.2, 0) is 5.33 Å². The van der Waals surface area contributed by atoms with Gasteiger partial charge in [0.15, 0.2) is 0 Å². The smallest absolute Gasteiger partial charge is 0.125 e. The average Bonchev–Trinajstić information content (AvgIpc) is 2.47. The Morgan fingerprint density at radius 1 is 1.38 bits per heavy atom. The van der Waals surface area contributed by atoms with Crippen LogP contribution in [0, 0.1) is 5.82 Å². The Morgan fingerprint density at radius 2 is 2.15 bits per heavy atom. The molecule has 0 aliphatic rings. The summed E-state index contributed by atoms with van der Waals surface area (Å²) in [5, 5.41) is 1.74. The van der Waals surface area contributed by atoms with Crippen LogP contribution in [0.1, 0.15) is 4.88 Å². The fraction of sp³-hybridized carbons (Fsp3) is 0.111. The molecule has 4 heteroatoms. The molecule has 1 aromatic carbocycles. The van der Waals surface area contributed by atoms with Crippen LogP contribution < -0.4 is 0 Å². The predicted octanol–water partition coefficient (Wildman–Crippen LogP) is 4.22. The number of benzene rings is 1. The summed E-state index contributed by atoms with van der Waals surface area (Å²) in [6.45, 7) is 0. The highest BCUT2D eigenvalue weighted by Crippen LogP contribution is 2.32. The zero-order valence-electron chi connectivity index (χ0n) is 6.55. The Labute approximate surface area is 93.3 Å². The quantitative estimate of drug-likeness (QED) is 0.585. The van der Waals surface area contributed by atoms with Crippen LogP contribution in [0.15, 0.2) is 23.1 Å². The van der Waals surface area contributed by atoms with Crippen molar-refractivity contribution in [2.75, 3.05) is 0 Å². The molecule has 0 nitrogen and oxygen atoms in total. The minimum Gasteiger partial charge on any atom is -0.207 e. The number of alkyl halides is 1. The van der Waals surface area contributed by atoms with Crippen LogP contribution in [-0.4, -0.2) is 0 Å². The highest BCUT2D eigenvalue weighted by atomic mass is 79.9. The summed E-state index contributed by atoms with van der Waals surface area (Å²) < 4.78 is 14.0. The van der Waals surface area contributed by atoms with Crippen molar-refractivity contribution < 1.29 is 4.39 Å². The summed E-state index contributed by atoms with van der Waals surface area (Å²) in [6, 6.07) is 4.97. The van der Waals surface area contributed by atoms with Gasteiger partial charge in [0.25, 0.3) is 0 Å². The van der Waals surface area contributed by atoms with E-state index in [0.29, 0.717) is 4.90 Å². The predicted molar refractivity (Wildman–Crippen MR) is 61.7 cm³/mol. The van der Waals surface area contributed by atoms with Gasteiger partial charge in [0.05, 0.1) is 0 Å². The van der Waals surface area contributed by atoms with Crippen molar-refractivity contribution in [1.29, 1.82) is 0 Å². The molecule has 2 aromatic rings. The van der Waals surface area contributed by atoms with E-state index in [0.717, 1.165) is 15.4 Å². The topological polar surface area (TPSA) is 0 Å². The van der Waals surface area contributed by atoms with Crippen LogP contribution in [0.4, 0.5) is 4.39 Å². The van der Waals surface area contributed by atoms with Crippen LogP contribution >= 0.6 is 39.9 Å². The lowest BCUT2D eigenvalue weighted by Gasteiger charge is -1.93. The number of hydrogen-bond donors (Lipinski definition) is 1. The fourth-order valence-corrected chi connectivity index (χ4v) is 3.01. The second-order valence-corrected chi connectivity index (χ2v) is 4.87. The Balaban J connectivity index is 2.75. The molecule has 0 atom stereocenters. The first-order chi connectivity index (χ1) is 6.20. The highest BCUT2D eigenvalue weighted by Gasteiger charge is 2.05. The zero-order chi connectivity index (χ0) is 9.42. The van der Waals surface area contributed by atoms with E-state index in [4.69, 9.17) is 0 Å². The Hall–Kier alpha value is -0.0600. The van der Waals surface area contributed by atoms with Crippen LogP contribution in [0.3, 0.4) is 0 Å². The monoisotopic (exact) mass is 276 g/mol. The molecule has 0 amide bonds. The summed E-state index contributed by atoms with van der Waals surface area (Å²) in [5.41, 5.74) is 0. The molecule has 0 saturated carbocycles. The van der Waals surface area contributed by atoms with E-state index >= 15 is 0 Å². The molecule has 13 heavy (non-hydrogen) atoms. The zero-order valence-corrected chi connectivity index (χ0v) is 9.85. The summed E-state index contributed by atoms with van der Waals surface area (Å²) in [5.74, 6) is -0.226. The van der Waals surface area contributed by atoms with E-state index in [9.17, 15) is 4.39 Å². The third-order valence-electron chi connectivity index (χ3n) is 1.74. The lowest BCUT2D eigenvalue weighted by Crippen LogP contribution is -1.73. The van der Waals surface area contributed by atoms with Gasteiger partial charge in [-0.15, -0.1) is 24.0 Å². The highest BCUT2D eigenvalue weighted by molar-refractivity contribution is 9.08. The molecule has 1 heterocycles. The SMILES string of the molecule is Fc1cc(S)c2sc(CBr)cc2c1.